The van der Waals surface area contributed by atoms with E-state index in [0.29, 0.717) is 17.4 Å². The van der Waals surface area contributed by atoms with E-state index in [1.165, 1.54) is 6.08 Å². The van der Waals surface area contributed by atoms with Gasteiger partial charge >= 0.3 is 5.97 Å². The van der Waals surface area contributed by atoms with Crippen LogP contribution in [0, 0.1) is 17.5 Å². The van der Waals surface area contributed by atoms with Crippen LogP contribution >= 0.6 is 11.6 Å². The van der Waals surface area contributed by atoms with Crippen LogP contribution in [0.2, 0.25) is 5.15 Å². The Morgan fingerprint density at radius 1 is 1.12 bits per heavy atom. The fourth-order valence-corrected chi connectivity index (χ4v) is 2.56. The van der Waals surface area contributed by atoms with Gasteiger partial charge in [-0.05, 0) is 29.3 Å². The van der Waals surface area contributed by atoms with E-state index in [4.69, 9.17) is 16.3 Å². The summed E-state index contributed by atoms with van der Waals surface area (Å²) < 4.78 is 44.9. The summed E-state index contributed by atoms with van der Waals surface area (Å²) in [5.74, 6) is -4.55. The minimum absolute atomic E-state index is 0.0476. The van der Waals surface area contributed by atoms with Crippen LogP contribution in [0.5, 0.6) is 0 Å². The van der Waals surface area contributed by atoms with Crippen LogP contribution < -0.4 is 0 Å². The summed E-state index contributed by atoms with van der Waals surface area (Å²) in [6.07, 6.45) is 2.86. The smallest absolute Gasteiger partial charge is 0.333 e. The Bertz CT molecular complexity index is 817. The Morgan fingerprint density at radius 2 is 1.80 bits per heavy atom. The summed E-state index contributed by atoms with van der Waals surface area (Å²) in [6.45, 7) is 0.401. The van der Waals surface area contributed by atoms with Gasteiger partial charge in [-0.15, -0.1) is 0 Å². The minimum atomic E-state index is -1.52. The highest BCUT2D eigenvalue weighted by Gasteiger charge is 2.21. The molecule has 130 valence electrons. The zero-order valence-corrected chi connectivity index (χ0v) is 13.6. The molecule has 1 aliphatic rings. The van der Waals surface area contributed by atoms with Gasteiger partial charge in [0, 0.05) is 25.4 Å². The fourth-order valence-electron chi connectivity index (χ4n) is 2.45. The SMILES string of the molecule is O=C1C=C(N(Cc2ccc(Cl)nc2)Cc2cc(F)c(F)c(F)c2)CO1. The van der Waals surface area contributed by atoms with E-state index < -0.39 is 23.4 Å². The first kappa shape index (κ1) is 17.3. The molecule has 0 spiro atoms. The van der Waals surface area contributed by atoms with E-state index in [-0.39, 0.29) is 18.7 Å². The molecule has 0 amide bonds. The molecule has 2 aromatic rings. The maximum Gasteiger partial charge on any atom is 0.333 e. The number of hydrogen-bond acceptors (Lipinski definition) is 4. The molecule has 4 nitrogen and oxygen atoms in total. The molecule has 0 saturated carbocycles. The largest absolute Gasteiger partial charge is 0.456 e. The molecule has 0 radical (unpaired) electrons. The molecule has 0 aliphatic carbocycles. The Hall–Kier alpha value is -2.54. The highest BCUT2D eigenvalue weighted by Crippen LogP contribution is 2.21. The molecule has 2 heterocycles. The van der Waals surface area contributed by atoms with Gasteiger partial charge in [0.1, 0.15) is 11.8 Å². The lowest BCUT2D eigenvalue weighted by Crippen LogP contribution is -2.23. The standard InChI is InChI=1S/C17H12ClF3N2O2/c18-15-2-1-10(6-22-15)7-23(12-5-16(24)25-9-12)8-11-3-13(19)17(21)14(20)4-11/h1-6H,7-9H2. The van der Waals surface area contributed by atoms with E-state index in [9.17, 15) is 18.0 Å². The second-order valence-electron chi connectivity index (χ2n) is 5.46. The van der Waals surface area contributed by atoms with Gasteiger partial charge in [0.05, 0.1) is 5.70 Å². The van der Waals surface area contributed by atoms with Crippen LogP contribution in [-0.4, -0.2) is 22.5 Å². The van der Waals surface area contributed by atoms with Gasteiger partial charge in [0.15, 0.2) is 17.5 Å². The maximum atomic E-state index is 13.4. The number of cyclic esters (lactones) is 1. The lowest BCUT2D eigenvalue weighted by molar-refractivity contribution is -0.135. The lowest BCUT2D eigenvalue weighted by atomic mass is 10.1. The van der Waals surface area contributed by atoms with Crippen LogP contribution in [0.4, 0.5) is 13.2 Å². The predicted molar refractivity (Wildman–Crippen MR) is 83.9 cm³/mol. The van der Waals surface area contributed by atoms with Gasteiger partial charge in [-0.2, -0.15) is 0 Å². The number of aromatic nitrogens is 1. The molecule has 0 atom stereocenters. The zero-order chi connectivity index (χ0) is 18.0. The van der Waals surface area contributed by atoms with Crippen molar-refractivity contribution in [2.75, 3.05) is 6.61 Å². The van der Waals surface area contributed by atoms with E-state index in [1.807, 2.05) is 0 Å². The van der Waals surface area contributed by atoms with Crippen LogP contribution in [0.25, 0.3) is 0 Å². The van der Waals surface area contributed by atoms with E-state index >= 15 is 0 Å². The summed E-state index contributed by atoms with van der Waals surface area (Å²) >= 11 is 5.75. The Balaban J connectivity index is 1.87. The third-order valence-corrected chi connectivity index (χ3v) is 3.86. The summed E-state index contributed by atoms with van der Waals surface area (Å²) in [4.78, 5) is 17.0. The normalized spacial score (nSPS) is 13.6. The Labute approximate surface area is 146 Å². The van der Waals surface area contributed by atoms with E-state index in [0.717, 1.165) is 17.7 Å². The summed E-state index contributed by atoms with van der Waals surface area (Å²) in [5, 5.41) is 0.330. The molecule has 1 aromatic carbocycles. The van der Waals surface area contributed by atoms with Gasteiger partial charge in [-0.25, -0.2) is 22.9 Å². The number of ether oxygens (including phenoxy) is 1. The molecule has 0 bridgehead atoms. The number of carbonyl (C=O) groups is 1. The first-order chi connectivity index (χ1) is 11.9. The lowest BCUT2D eigenvalue weighted by Gasteiger charge is -2.25. The summed E-state index contributed by atoms with van der Waals surface area (Å²) in [5.41, 5.74) is 1.54. The summed E-state index contributed by atoms with van der Waals surface area (Å²) in [6, 6.07) is 5.19. The first-order valence-electron chi connectivity index (χ1n) is 7.28. The monoisotopic (exact) mass is 368 g/mol. The van der Waals surface area contributed by atoms with Crippen LogP contribution in [0.15, 0.2) is 42.2 Å². The van der Waals surface area contributed by atoms with Crippen LogP contribution in [0.1, 0.15) is 11.1 Å². The molecule has 8 heteroatoms. The van der Waals surface area contributed by atoms with Crippen molar-refractivity contribution in [2.24, 2.45) is 0 Å². The van der Waals surface area contributed by atoms with Gasteiger partial charge in [0.25, 0.3) is 0 Å². The van der Waals surface area contributed by atoms with Crippen molar-refractivity contribution in [1.29, 1.82) is 0 Å². The topological polar surface area (TPSA) is 42.4 Å². The Kier molecular flexibility index (Phi) is 4.94. The summed E-state index contributed by atoms with van der Waals surface area (Å²) in [7, 11) is 0. The van der Waals surface area contributed by atoms with E-state index in [1.54, 1.807) is 23.2 Å². The maximum absolute atomic E-state index is 13.4. The minimum Gasteiger partial charge on any atom is -0.456 e. The average molecular weight is 369 g/mol. The van der Waals surface area contributed by atoms with Gasteiger partial charge in [0.2, 0.25) is 0 Å². The number of benzene rings is 1. The number of rotatable bonds is 5. The molecule has 0 saturated heterocycles. The van der Waals surface area contributed by atoms with Gasteiger partial charge < -0.3 is 9.64 Å². The highest BCUT2D eigenvalue weighted by atomic mass is 35.5. The Morgan fingerprint density at radius 3 is 2.36 bits per heavy atom. The van der Waals surface area contributed by atoms with Crippen molar-refractivity contribution < 1.29 is 22.7 Å². The van der Waals surface area contributed by atoms with E-state index in [2.05, 4.69) is 4.98 Å². The second-order valence-corrected chi connectivity index (χ2v) is 5.85. The molecular formula is C17H12ClF3N2O2. The van der Waals surface area contributed by atoms with Gasteiger partial charge in [-0.1, -0.05) is 17.7 Å². The number of halogens is 4. The molecule has 1 aliphatic heterocycles. The predicted octanol–water partition coefficient (Wildman–Crippen LogP) is 3.60. The number of esters is 1. The van der Waals surface area contributed by atoms with Crippen molar-refractivity contribution in [3.8, 4) is 0 Å². The molecule has 3 rings (SSSR count). The third-order valence-electron chi connectivity index (χ3n) is 3.63. The fraction of sp³-hybridized carbons (Fsp3) is 0.176. The van der Waals surface area contributed by atoms with Crippen molar-refractivity contribution in [1.82, 2.24) is 9.88 Å². The number of nitrogens with zero attached hydrogens (tertiary/aromatic N) is 2. The van der Waals surface area contributed by atoms with Crippen molar-refractivity contribution >= 4 is 17.6 Å². The quantitative estimate of drug-likeness (QED) is 0.459. The average Bonchev–Trinajstić information content (AvgIpc) is 3.00. The molecule has 0 fully saturated rings. The molecule has 0 N–H and O–H groups in total. The van der Waals surface area contributed by atoms with Crippen molar-refractivity contribution in [3.63, 3.8) is 0 Å². The zero-order valence-electron chi connectivity index (χ0n) is 12.8. The van der Waals surface area contributed by atoms with Crippen molar-refractivity contribution in [3.05, 3.63) is 76.0 Å². The van der Waals surface area contributed by atoms with Crippen LogP contribution in [-0.2, 0) is 22.6 Å². The third kappa shape index (κ3) is 4.11. The van der Waals surface area contributed by atoms with Gasteiger partial charge in [-0.3, -0.25) is 0 Å². The number of pyridine rings is 1. The van der Waals surface area contributed by atoms with Crippen LogP contribution in [0.3, 0.4) is 0 Å². The molecular weight excluding hydrogens is 357 g/mol. The first-order valence-corrected chi connectivity index (χ1v) is 7.66. The number of carbonyl (C=O) groups excluding carboxylic acids is 1. The number of hydrogen-bond donors (Lipinski definition) is 0. The highest BCUT2D eigenvalue weighted by molar-refractivity contribution is 6.29. The molecule has 1 aromatic heterocycles. The van der Waals surface area contributed by atoms with Crippen molar-refractivity contribution in [2.45, 2.75) is 13.1 Å². The molecule has 0 unspecified atom stereocenters. The molecule has 25 heavy (non-hydrogen) atoms. The second kappa shape index (κ2) is 7.14.